The number of rotatable bonds is 5. The first kappa shape index (κ1) is 22.7. The zero-order valence-corrected chi connectivity index (χ0v) is 18.3. The minimum absolute atomic E-state index is 0.131. The average molecular weight is 495 g/mol. The van der Waals surface area contributed by atoms with Crippen molar-refractivity contribution in [2.75, 3.05) is 5.32 Å². The van der Waals surface area contributed by atoms with Crippen LogP contribution >= 0.6 is 22.9 Å². The number of halogens is 4. The van der Waals surface area contributed by atoms with E-state index in [0.29, 0.717) is 22.3 Å². The van der Waals surface area contributed by atoms with Crippen molar-refractivity contribution in [1.29, 1.82) is 0 Å². The van der Waals surface area contributed by atoms with Crippen LogP contribution in [0.1, 0.15) is 43.6 Å². The summed E-state index contributed by atoms with van der Waals surface area (Å²) in [6, 6.07) is 3.61. The van der Waals surface area contributed by atoms with Crippen molar-refractivity contribution in [2.45, 2.75) is 19.1 Å². The van der Waals surface area contributed by atoms with Crippen LogP contribution in [0.5, 0.6) is 0 Å². The zero-order chi connectivity index (χ0) is 23.8. The lowest BCUT2D eigenvalue weighted by molar-refractivity contribution is -0.137. The second kappa shape index (κ2) is 8.79. The van der Waals surface area contributed by atoms with Gasteiger partial charge in [0.25, 0.3) is 11.8 Å². The summed E-state index contributed by atoms with van der Waals surface area (Å²) in [5.41, 5.74) is -0.0893. The van der Waals surface area contributed by atoms with Crippen molar-refractivity contribution in [3.63, 3.8) is 0 Å². The quantitative estimate of drug-likeness (QED) is 0.368. The van der Waals surface area contributed by atoms with Gasteiger partial charge in [0.05, 0.1) is 28.4 Å². The molecule has 4 aromatic rings. The normalized spacial score (nSPS) is 12.5. The molecule has 1 atom stereocenters. The minimum atomic E-state index is -4.69. The van der Waals surface area contributed by atoms with Crippen LogP contribution in [0.3, 0.4) is 0 Å². The molecule has 13 heteroatoms. The number of thiazole rings is 1. The lowest BCUT2D eigenvalue weighted by Gasteiger charge is -2.11. The smallest absolute Gasteiger partial charge is 0.346 e. The third-order valence-electron chi connectivity index (χ3n) is 4.53. The number of alkyl halides is 3. The molecule has 0 radical (unpaired) electrons. The molecule has 0 aromatic carbocycles. The third kappa shape index (κ3) is 4.96. The van der Waals surface area contributed by atoms with Crippen LogP contribution < -0.4 is 10.6 Å². The fraction of sp³-hybridized carbons (Fsp3) is 0.150. The van der Waals surface area contributed by atoms with E-state index < -0.39 is 28.7 Å². The highest BCUT2D eigenvalue weighted by Crippen LogP contribution is 2.35. The Labute approximate surface area is 193 Å². The number of nitrogens with zero attached hydrogens (tertiary/aromatic N) is 3. The number of amides is 2. The van der Waals surface area contributed by atoms with E-state index in [1.165, 1.54) is 12.4 Å². The maximum Gasteiger partial charge on any atom is 0.418 e. The Morgan fingerprint density at radius 1 is 1.12 bits per heavy atom. The van der Waals surface area contributed by atoms with Crippen molar-refractivity contribution >= 4 is 51.6 Å². The molecule has 8 nitrogen and oxygen atoms in total. The van der Waals surface area contributed by atoms with Crippen LogP contribution in [0.25, 0.3) is 11.0 Å². The minimum Gasteiger partial charge on any atom is -0.346 e. The molecule has 4 aromatic heterocycles. The topological polar surface area (TPSA) is 113 Å². The number of fused-ring (bicyclic) bond motifs is 1. The highest BCUT2D eigenvalue weighted by atomic mass is 35.5. The van der Waals surface area contributed by atoms with Gasteiger partial charge in [-0.2, -0.15) is 13.2 Å². The van der Waals surface area contributed by atoms with Crippen LogP contribution in [0, 0.1) is 0 Å². The summed E-state index contributed by atoms with van der Waals surface area (Å²) in [4.78, 5) is 40.1. The Hall–Kier alpha value is -3.51. The van der Waals surface area contributed by atoms with E-state index in [1.807, 2.05) is 0 Å². The van der Waals surface area contributed by atoms with Gasteiger partial charge in [0.15, 0.2) is 0 Å². The first-order valence-corrected chi connectivity index (χ1v) is 10.5. The van der Waals surface area contributed by atoms with Crippen LogP contribution in [0.15, 0.2) is 43.0 Å². The van der Waals surface area contributed by atoms with Crippen molar-refractivity contribution < 1.29 is 22.8 Å². The number of hydrogen-bond donors (Lipinski definition) is 3. The van der Waals surface area contributed by atoms with Gasteiger partial charge in [0, 0.05) is 24.0 Å². The summed E-state index contributed by atoms with van der Waals surface area (Å²) in [6.07, 6.45) is 0.552. The van der Waals surface area contributed by atoms with E-state index >= 15 is 0 Å². The molecule has 0 aliphatic heterocycles. The molecule has 4 rings (SSSR count). The van der Waals surface area contributed by atoms with Gasteiger partial charge in [0.1, 0.15) is 21.3 Å². The summed E-state index contributed by atoms with van der Waals surface area (Å²) >= 11 is 6.53. The number of H-pyrrole nitrogens is 1. The largest absolute Gasteiger partial charge is 0.418 e. The predicted octanol–water partition coefficient (Wildman–Crippen LogP) is 4.83. The van der Waals surface area contributed by atoms with Gasteiger partial charge >= 0.3 is 6.18 Å². The van der Waals surface area contributed by atoms with E-state index in [1.54, 1.807) is 25.3 Å². The van der Waals surface area contributed by atoms with Crippen molar-refractivity contribution in [1.82, 2.24) is 25.3 Å². The second-order valence-corrected chi connectivity index (χ2v) is 8.37. The Morgan fingerprint density at radius 3 is 2.67 bits per heavy atom. The number of aromatic nitrogens is 4. The number of carbonyl (C=O) groups is 2. The molecule has 0 aliphatic rings. The van der Waals surface area contributed by atoms with Gasteiger partial charge in [-0.25, -0.2) is 15.0 Å². The van der Waals surface area contributed by atoms with Gasteiger partial charge < -0.3 is 15.6 Å². The first-order chi connectivity index (χ1) is 15.6. The fourth-order valence-corrected chi connectivity index (χ4v) is 3.93. The number of carbonyl (C=O) groups excluding carboxylic acids is 2. The van der Waals surface area contributed by atoms with E-state index in [2.05, 4.69) is 30.6 Å². The van der Waals surface area contributed by atoms with E-state index in [9.17, 15) is 22.8 Å². The second-order valence-electron chi connectivity index (χ2n) is 6.90. The zero-order valence-electron chi connectivity index (χ0n) is 16.7. The number of hydrogen-bond acceptors (Lipinski definition) is 6. The molecule has 4 heterocycles. The molecule has 0 bridgehead atoms. The van der Waals surface area contributed by atoms with Crippen LogP contribution in [0.2, 0.25) is 5.02 Å². The Morgan fingerprint density at radius 2 is 1.91 bits per heavy atom. The fourth-order valence-electron chi connectivity index (χ4n) is 2.90. The molecule has 2 amide bonds. The van der Waals surface area contributed by atoms with Crippen molar-refractivity contribution in [2.24, 2.45) is 0 Å². The standard InChI is InChI=1S/C20H14ClF3N6O2S/c1-9(29-17(31)11-4-10-2-3-25-16(10)27-6-11)19-28-8-14(33-19)18(32)30-15-5-12(20(22,23)24)13(21)7-26-15/h2-9H,1H3,(H,25,27)(H,29,31)(H,26,30,32). The van der Waals surface area contributed by atoms with E-state index in [-0.39, 0.29) is 16.6 Å². The molecule has 3 N–H and O–H groups in total. The van der Waals surface area contributed by atoms with Crippen LogP contribution in [-0.2, 0) is 6.18 Å². The monoisotopic (exact) mass is 494 g/mol. The van der Waals surface area contributed by atoms with Crippen LogP contribution in [0.4, 0.5) is 19.0 Å². The number of aromatic amines is 1. The first-order valence-electron chi connectivity index (χ1n) is 9.35. The maximum absolute atomic E-state index is 13.0. The van der Waals surface area contributed by atoms with Gasteiger partial charge in [0.2, 0.25) is 0 Å². The molecule has 0 saturated carbocycles. The number of nitrogens with one attached hydrogen (secondary N) is 3. The van der Waals surface area contributed by atoms with Gasteiger partial charge in [-0.1, -0.05) is 11.6 Å². The van der Waals surface area contributed by atoms with Crippen molar-refractivity contribution in [3.8, 4) is 0 Å². The highest BCUT2D eigenvalue weighted by molar-refractivity contribution is 7.13. The molecule has 170 valence electrons. The molecular weight excluding hydrogens is 481 g/mol. The van der Waals surface area contributed by atoms with E-state index in [4.69, 9.17) is 11.6 Å². The number of anilines is 1. The predicted molar refractivity (Wildman–Crippen MR) is 116 cm³/mol. The lowest BCUT2D eigenvalue weighted by Crippen LogP contribution is -2.26. The molecule has 1 unspecified atom stereocenters. The molecule has 0 fully saturated rings. The molecule has 0 saturated heterocycles. The van der Waals surface area contributed by atoms with Gasteiger partial charge in [-0.3, -0.25) is 9.59 Å². The summed E-state index contributed by atoms with van der Waals surface area (Å²) in [5.74, 6) is -1.37. The molecule has 33 heavy (non-hydrogen) atoms. The van der Waals surface area contributed by atoms with Crippen LogP contribution in [-0.4, -0.2) is 31.8 Å². The average Bonchev–Trinajstić information content (AvgIpc) is 3.43. The SMILES string of the molecule is CC(NC(=O)c1cnc2[nH]ccc2c1)c1ncc(C(=O)Nc2cc(C(F)(F)F)c(Cl)cn2)s1. The highest BCUT2D eigenvalue weighted by Gasteiger charge is 2.34. The van der Waals surface area contributed by atoms with E-state index in [0.717, 1.165) is 22.9 Å². The molecule has 0 spiro atoms. The third-order valence-corrected chi connectivity index (χ3v) is 6.01. The Kier molecular flexibility index (Phi) is 6.04. The Bertz CT molecular complexity index is 1350. The van der Waals surface area contributed by atoms with Gasteiger partial charge in [-0.05, 0) is 25.1 Å². The summed E-state index contributed by atoms with van der Waals surface area (Å²) in [6.45, 7) is 1.69. The number of pyridine rings is 2. The summed E-state index contributed by atoms with van der Waals surface area (Å²) in [7, 11) is 0. The lowest BCUT2D eigenvalue weighted by atomic mass is 10.2. The summed E-state index contributed by atoms with van der Waals surface area (Å²) in [5, 5.41) is 5.72. The Balaban J connectivity index is 1.43. The van der Waals surface area contributed by atoms with Crippen molar-refractivity contribution in [3.05, 3.63) is 69.0 Å². The van der Waals surface area contributed by atoms with Gasteiger partial charge in [-0.15, -0.1) is 11.3 Å². The summed E-state index contributed by atoms with van der Waals surface area (Å²) < 4.78 is 39.0. The molecule has 0 aliphatic carbocycles. The maximum atomic E-state index is 13.0. The molecular formula is C20H14ClF3N6O2S.